The van der Waals surface area contributed by atoms with Crippen LogP contribution in [0.2, 0.25) is 0 Å². The molecule has 114 valence electrons. The highest BCUT2D eigenvalue weighted by molar-refractivity contribution is 7.13. The molecule has 1 unspecified atom stereocenters. The molecule has 0 spiro atoms. The number of ether oxygens (including phenoxy) is 2. The molecule has 1 aliphatic heterocycles. The monoisotopic (exact) mass is 309 g/mol. The highest BCUT2D eigenvalue weighted by Gasteiger charge is 2.22. The Morgan fingerprint density at radius 3 is 3.24 bits per heavy atom. The number of morpholine rings is 1. The number of nitrogens with zero attached hydrogens (tertiary/aromatic N) is 5. The van der Waals surface area contributed by atoms with Gasteiger partial charge in [0.2, 0.25) is 0 Å². The second-order valence-electron chi connectivity index (χ2n) is 4.85. The van der Waals surface area contributed by atoms with Gasteiger partial charge >= 0.3 is 0 Å². The summed E-state index contributed by atoms with van der Waals surface area (Å²) >= 11 is 1.51. The molecular formula is C13H19N5O2S. The van der Waals surface area contributed by atoms with Crippen molar-refractivity contribution in [2.75, 3.05) is 26.3 Å². The van der Waals surface area contributed by atoms with Crippen molar-refractivity contribution in [3.05, 3.63) is 23.5 Å². The van der Waals surface area contributed by atoms with Crippen LogP contribution in [-0.4, -0.2) is 57.3 Å². The van der Waals surface area contributed by atoms with Gasteiger partial charge < -0.3 is 9.47 Å². The number of rotatable bonds is 6. The van der Waals surface area contributed by atoms with Crippen molar-refractivity contribution in [1.82, 2.24) is 24.9 Å². The van der Waals surface area contributed by atoms with Crippen LogP contribution < -0.4 is 4.74 Å². The molecule has 1 fully saturated rings. The van der Waals surface area contributed by atoms with Gasteiger partial charge in [0.05, 0.1) is 32.4 Å². The summed E-state index contributed by atoms with van der Waals surface area (Å²) in [5.41, 5.74) is 0. The van der Waals surface area contributed by atoms with E-state index in [0.29, 0.717) is 11.8 Å². The Hall–Kier alpha value is -1.51. The summed E-state index contributed by atoms with van der Waals surface area (Å²) in [6, 6.07) is 1.93. The van der Waals surface area contributed by atoms with Gasteiger partial charge in [-0.2, -0.15) is 5.10 Å². The van der Waals surface area contributed by atoms with Crippen LogP contribution in [0, 0.1) is 0 Å². The lowest BCUT2D eigenvalue weighted by atomic mass is 10.2. The molecular weight excluding hydrogens is 290 g/mol. The fourth-order valence-corrected chi connectivity index (χ4v) is 3.12. The number of hydrogen-bond acceptors (Lipinski definition) is 7. The fraction of sp³-hybridized carbons (Fsp3) is 0.615. The molecule has 1 atom stereocenters. The minimum atomic E-state index is 0.165. The van der Waals surface area contributed by atoms with Gasteiger partial charge in [-0.1, -0.05) is 11.3 Å². The first-order valence-corrected chi connectivity index (χ1v) is 7.91. The van der Waals surface area contributed by atoms with E-state index in [0.717, 1.165) is 37.8 Å². The third-order valence-corrected chi connectivity index (χ3v) is 4.07. The molecule has 2 aromatic rings. The normalized spacial score (nSPS) is 19.8. The van der Waals surface area contributed by atoms with Crippen molar-refractivity contribution in [3.63, 3.8) is 0 Å². The molecule has 8 heteroatoms. The van der Waals surface area contributed by atoms with Gasteiger partial charge in [0.25, 0.3) is 5.19 Å². The van der Waals surface area contributed by atoms with Gasteiger partial charge in [0.15, 0.2) is 0 Å². The van der Waals surface area contributed by atoms with Gasteiger partial charge in [0, 0.05) is 25.5 Å². The van der Waals surface area contributed by atoms with Crippen LogP contribution in [-0.2, 0) is 17.8 Å². The molecule has 0 radical (unpaired) electrons. The highest BCUT2D eigenvalue weighted by atomic mass is 32.1. The molecule has 21 heavy (non-hydrogen) atoms. The SMILES string of the molecule is CCOc1nnc(CN2CCOC(Cn3cccn3)C2)s1. The Labute approximate surface area is 127 Å². The Balaban J connectivity index is 1.53. The molecule has 0 N–H and O–H groups in total. The van der Waals surface area contributed by atoms with Crippen LogP contribution in [0.3, 0.4) is 0 Å². The van der Waals surface area contributed by atoms with Gasteiger partial charge in [-0.25, -0.2) is 0 Å². The van der Waals surface area contributed by atoms with E-state index in [2.05, 4.69) is 20.2 Å². The summed E-state index contributed by atoms with van der Waals surface area (Å²) in [6.07, 6.45) is 3.91. The van der Waals surface area contributed by atoms with Crippen molar-refractivity contribution in [1.29, 1.82) is 0 Å². The second-order valence-corrected chi connectivity index (χ2v) is 5.88. The van der Waals surface area contributed by atoms with Crippen LogP contribution in [0.5, 0.6) is 5.19 Å². The van der Waals surface area contributed by atoms with Crippen LogP contribution in [0.25, 0.3) is 0 Å². The molecule has 0 aliphatic carbocycles. The first-order valence-electron chi connectivity index (χ1n) is 7.10. The second kappa shape index (κ2) is 6.97. The van der Waals surface area contributed by atoms with Crippen LogP contribution >= 0.6 is 11.3 Å². The molecule has 0 aromatic carbocycles. The lowest BCUT2D eigenvalue weighted by Gasteiger charge is -2.32. The molecule has 1 saturated heterocycles. The van der Waals surface area contributed by atoms with E-state index >= 15 is 0 Å². The predicted molar refractivity (Wildman–Crippen MR) is 78.3 cm³/mol. The molecule has 2 aromatic heterocycles. The summed E-state index contributed by atoms with van der Waals surface area (Å²) in [5.74, 6) is 0. The first-order chi connectivity index (χ1) is 10.3. The minimum absolute atomic E-state index is 0.165. The third-order valence-electron chi connectivity index (χ3n) is 3.25. The average molecular weight is 309 g/mol. The number of hydrogen-bond donors (Lipinski definition) is 0. The predicted octanol–water partition coefficient (Wildman–Crippen LogP) is 1.03. The quantitative estimate of drug-likeness (QED) is 0.794. The van der Waals surface area contributed by atoms with E-state index in [1.807, 2.05) is 23.9 Å². The zero-order chi connectivity index (χ0) is 14.5. The highest BCUT2D eigenvalue weighted by Crippen LogP contribution is 2.20. The molecule has 0 amide bonds. The van der Waals surface area contributed by atoms with Crippen molar-refractivity contribution < 1.29 is 9.47 Å². The van der Waals surface area contributed by atoms with Crippen molar-refractivity contribution >= 4 is 11.3 Å². The van der Waals surface area contributed by atoms with Gasteiger partial charge in [-0.3, -0.25) is 9.58 Å². The smallest absolute Gasteiger partial charge is 0.294 e. The van der Waals surface area contributed by atoms with Crippen molar-refractivity contribution in [3.8, 4) is 5.19 Å². The van der Waals surface area contributed by atoms with Gasteiger partial charge in [-0.15, -0.1) is 10.2 Å². The summed E-state index contributed by atoms with van der Waals surface area (Å²) in [7, 11) is 0. The molecule has 0 bridgehead atoms. The summed E-state index contributed by atoms with van der Waals surface area (Å²) in [6.45, 7) is 6.68. The van der Waals surface area contributed by atoms with Crippen molar-refractivity contribution in [2.24, 2.45) is 0 Å². The maximum absolute atomic E-state index is 5.80. The van der Waals surface area contributed by atoms with Gasteiger partial charge in [-0.05, 0) is 13.0 Å². The van der Waals surface area contributed by atoms with E-state index in [9.17, 15) is 0 Å². The van der Waals surface area contributed by atoms with Crippen LogP contribution in [0.1, 0.15) is 11.9 Å². The molecule has 3 heterocycles. The van der Waals surface area contributed by atoms with Crippen LogP contribution in [0.15, 0.2) is 18.5 Å². The largest absolute Gasteiger partial charge is 0.469 e. The van der Waals surface area contributed by atoms with E-state index in [1.165, 1.54) is 11.3 Å². The lowest BCUT2D eigenvalue weighted by molar-refractivity contribution is -0.0402. The molecule has 0 saturated carbocycles. The Morgan fingerprint density at radius 1 is 1.48 bits per heavy atom. The standard InChI is InChI=1S/C13H19N5O2S/c1-2-19-13-16-15-12(21-13)10-17-6-7-20-11(8-17)9-18-5-3-4-14-18/h3-5,11H,2,6-10H2,1H3. The van der Waals surface area contributed by atoms with E-state index < -0.39 is 0 Å². The van der Waals surface area contributed by atoms with E-state index in [4.69, 9.17) is 9.47 Å². The van der Waals surface area contributed by atoms with Crippen LogP contribution in [0.4, 0.5) is 0 Å². The first kappa shape index (κ1) is 14.4. The molecule has 3 rings (SSSR count). The lowest BCUT2D eigenvalue weighted by Crippen LogP contribution is -2.43. The maximum atomic E-state index is 5.80. The third kappa shape index (κ3) is 3.99. The van der Waals surface area contributed by atoms with E-state index in [1.54, 1.807) is 6.20 Å². The topological polar surface area (TPSA) is 65.3 Å². The zero-order valence-electron chi connectivity index (χ0n) is 12.0. The summed E-state index contributed by atoms with van der Waals surface area (Å²) in [4.78, 5) is 2.34. The Bertz CT molecular complexity index is 545. The summed E-state index contributed by atoms with van der Waals surface area (Å²) in [5, 5.41) is 14.1. The zero-order valence-corrected chi connectivity index (χ0v) is 12.8. The number of aromatic nitrogens is 4. The molecule has 1 aliphatic rings. The van der Waals surface area contributed by atoms with E-state index in [-0.39, 0.29) is 6.10 Å². The Kier molecular flexibility index (Phi) is 4.79. The molecule has 7 nitrogen and oxygen atoms in total. The fourth-order valence-electron chi connectivity index (χ4n) is 2.33. The minimum Gasteiger partial charge on any atom is -0.469 e. The summed E-state index contributed by atoms with van der Waals surface area (Å²) < 4.78 is 13.1. The van der Waals surface area contributed by atoms with Crippen molar-refractivity contribution in [2.45, 2.75) is 26.1 Å². The van der Waals surface area contributed by atoms with Gasteiger partial charge in [0.1, 0.15) is 5.01 Å². The average Bonchev–Trinajstić information content (AvgIpc) is 3.12. The maximum Gasteiger partial charge on any atom is 0.294 e. The Morgan fingerprint density at radius 2 is 2.43 bits per heavy atom.